The van der Waals surface area contributed by atoms with Gasteiger partial charge in [0.15, 0.2) is 0 Å². The van der Waals surface area contributed by atoms with Crippen molar-refractivity contribution >= 4 is 5.82 Å². The molecule has 7 heteroatoms. The van der Waals surface area contributed by atoms with E-state index in [1.54, 1.807) is 11.8 Å². The molecule has 0 saturated carbocycles. The van der Waals surface area contributed by atoms with Crippen molar-refractivity contribution in [2.24, 2.45) is 0 Å². The predicted octanol–water partition coefficient (Wildman–Crippen LogP) is 4.53. The maximum atomic E-state index is 12.8. The fourth-order valence-corrected chi connectivity index (χ4v) is 3.13. The van der Waals surface area contributed by atoms with Crippen LogP contribution in [0.1, 0.15) is 11.1 Å². The van der Waals surface area contributed by atoms with Gasteiger partial charge in [-0.2, -0.15) is 18.3 Å². The third-order valence-electron chi connectivity index (χ3n) is 4.45. The molecule has 1 aliphatic rings. The number of ether oxygens (including phenoxy) is 1. The number of anilines is 1. The molecule has 0 aliphatic carbocycles. The van der Waals surface area contributed by atoms with Crippen molar-refractivity contribution in [3.8, 4) is 22.7 Å². The highest BCUT2D eigenvalue weighted by molar-refractivity contribution is 5.73. The van der Waals surface area contributed by atoms with E-state index in [1.165, 1.54) is 12.1 Å². The van der Waals surface area contributed by atoms with Gasteiger partial charge in [-0.05, 0) is 42.8 Å². The maximum absolute atomic E-state index is 12.8. The molecule has 1 N–H and O–H groups in total. The second-order valence-electron chi connectivity index (χ2n) is 6.04. The van der Waals surface area contributed by atoms with Crippen molar-refractivity contribution in [3.05, 3.63) is 59.7 Å². The molecule has 0 fully saturated rings. The molecule has 0 amide bonds. The van der Waals surface area contributed by atoms with Crippen molar-refractivity contribution in [1.29, 1.82) is 0 Å². The largest absolute Gasteiger partial charge is 0.497 e. The Morgan fingerprint density at radius 1 is 1.04 bits per heavy atom. The smallest absolute Gasteiger partial charge is 0.416 e. The van der Waals surface area contributed by atoms with E-state index in [0.717, 1.165) is 47.9 Å². The molecule has 2 heterocycles. The van der Waals surface area contributed by atoms with Crippen molar-refractivity contribution in [2.45, 2.75) is 12.6 Å². The van der Waals surface area contributed by atoms with E-state index in [-0.39, 0.29) is 0 Å². The number of hydrogen-bond donors (Lipinski definition) is 1. The van der Waals surface area contributed by atoms with Crippen molar-refractivity contribution in [2.75, 3.05) is 19.0 Å². The van der Waals surface area contributed by atoms with Crippen LogP contribution in [0.5, 0.6) is 5.75 Å². The first-order valence-corrected chi connectivity index (χ1v) is 8.15. The molecule has 1 aromatic heterocycles. The van der Waals surface area contributed by atoms with Gasteiger partial charge in [0.2, 0.25) is 0 Å². The van der Waals surface area contributed by atoms with E-state index in [2.05, 4.69) is 10.4 Å². The van der Waals surface area contributed by atoms with Crippen molar-refractivity contribution < 1.29 is 17.9 Å². The average Bonchev–Trinajstić information content (AvgIpc) is 3.24. The summed E-state index contributed by atoms with van der Waals surface area (Å²) in [6.07, 6.45) is -3.56. The van der Waals surface area contributed by atoms with Gasteiger partial charge in [0, 0.05) is 17.7 Å². The van der Waals surface area contributed by atoms with E-state index in [1.807, 2.05) is 24.3 Å². The first-order chi connectivity index (χ1) is 12.5. The molecule has 0 bridgehead atoms. The topological polar surface area (TPSA) is 39.1 Å². The second kappa shape index (κ2) is 6.09. The molecule has 0 radical (unpaired) electrons. The molecule has 0 spiro atoms. The summed E-state index contributed by atoms with van der Waals surface area (Å²) in [7, 11) is 1.60. The van der Waals surface area contributed by atoms with Crippen LogP contribution in [0.3, 0.4) is 0 Å². The quantitative estimate of drug-likeness (QED) is 0.747. The van der Waals surface area contributed by atoms with Crippen LogP contribution in [-0.2, 0) is 12.6 Å². The number of halogens is 3. The van der Waals surface area contributed by atoms with E-state index in [9.17, 15) is 13.2 Å². The highest BCUT2D eigenvalue weighted by Crippen LogP contribution is 2.36. The molecule has 0 unspecified atom stereocenters. The zero-order chi connectivity index (χ0) is 18.3. The van der Waals surface area contributed by atoms with Crippen LogP contribution in [0.25, 0.3) is 16.9 Å². The lowest BCUT2D eigenvalue weighted by molar-refractivity contribution is -0.137. The van der Waals surface area contributed by atoms with Crippen LogP contribution in [0.4, 0.5) is 19.0 Å². The Morgan fingerprint density at radius 3 is 2.35 bits per heavy atom. The van der Waals surface area contributed by atoms with Gasteiger partial charge in [-0.3, -0.25) is 0 Å². The molecule has 2 aromatic carbocycles. The summed E-state index contributed by atoms with van der Waals surface area (Å²) in [6.45, 7) is 0.775. The predicted molar refractivity (Wildman–Crippen MR) is 92.7 cm³/mol. The van der Waals surface area contributed by atoms with Crippen LogP contribution >= 0.6 is 0 Å². The van der Waals surface area contributed by atoms with Crippen molar-refractivity contribution in [3.63, 3.8) is 0 Å². The average molecular weight is 359 g/mol. The lowest BCUT2D eigenvalue weighted by Gasteiger charge is -2.08. The Bertz CT molecular complexity index is 928. The fourth-order valence-electron chi connectivity index (χ4n) is 3.13. The van der Waals surface area contributed by atoms with Crippen LogP contribution in [0.2, 0.25) is 0 Å². The van der Waals surface area contributed by atoms with Crippen LogP contribution < -0.4 is 10.1 Å². The first-order valence-electron chi connectivity index (χ1n) is 8.15. The molecule has 134 valence electrons. The highest BCUT2D eigenvalue weighted by atomic mass is 19.4. The first kappa shape index (κ1) is 16.5. The number of fused-ring (bicyclic) bond motifs is 1. The van der Waals surface area contributed by atoms with Gasteiger partial charge >= 0.3 is 6.18 Å². The van der Waals surface area contributed by atoms with Gasteiger partial charge in [0.1, 0.15) is 11.6 Å². The Hall–Kier alpha value is -2.96. The summed E-state index contributed by atoms with van der Waals surface area (Å²) < 4.78 is 45.3. The summed E-state index contributed by atoms with van der Waals surface area (Å²) in [5.41, 5.74) is 2.58. The molecule has 0 saturated heterocycles. The lowest BCUT2D eigenvalue weighted by atomic mass is 10.0. The molecule has 1 aliphatic heterocycles. The minimum atomic E-state index is -4.34. The summed E-state index contributed by atoms with van der Waals surface area (Å²) in [5.74, 6) is 1.62. The molecule has 4 rings (SSSR count). The Labute approximate surface area is 148 Å². The molecule has 26 heavy (non-hydrogen) atoms. The highest BCUT2D eigenvalue weighted by Gasteiger charge is 2.30. The summed E-state index contributed by atoms with van der Waals surface area (Å²) in [4.78, 5) is 0. The molecule has 0 atom stereocenters. The molecular formula is C19H16F3N3O. The Kier molecular flexibility index (Phi) is 3.86. The van der Waals surface area contributed by atoms with Gasteiger partial charge in [0.05, 0.1) is 24.1 Å². The SMILES string of the molecule is COc1ccc(-n2nc(-c3ccc(C(F)(F)F)cc3)c3c2NCC3)cc1. The standard InChI is InChI=1S/C19H16F3N3O/c1-26-15-8-6-14(7-9-15)25-18-16(10-11-23-18)17(24-25)12-2-4-13(5-3-12)19(20,21)22/h2-9,23H,10-11H2,1H3. The number of benzene rings is 2. The van der Waals surface area contributed by atoms with Gasteiger partial charge < -0.3 is 10.1 Å². The normalized spacial score (nSPS) is 13.4. The number of methoxy groups -OCH3 is 1. The minimum Gasteiger partial charge on any atom is -0.497 e. The molecule has 3 aromatic rings. The lowest BCUT2D eigenvalue weighted by Crippen LogP contribution is -2.05. The summed E-state index contributed by atoms with van der Waals surface area (Å²) >= 11 is 0. The van der Waals surface area contributed by atoms with Gasteiger partial charge in [-0.1, -0.05) is 12.1 Å². The zero-order valence-corrected chi connectivity index (χ0v) is 14.0. The van der Waals surface area contributed by atoms with Crippen molar-refractivity contribution in [1.82, 2.24) is 9.78 Å². The number of alkyl halides is 3. The summed E-state index contributed by atoms with van der Waals surface area (Å²) in [5, 5.41) is 7.96. The number of hydrogen-bond acceptors (Lipinski definition) is 3. The maximum Gasteiger partial charge on any atom is 0.416 e. The summed E-state index contributed by atoms with van der Waals surface area (Å²) in [6, 6.07) is 12.6. The van der Waals surface area contributed by atoms with Crippen LogP contribution in [0.15, 0.2) is 48.5 Å². The van der Waals surface area contributed by atoms with Gasteiger partial charge in [-0.25, -0.2) is 4.68 Å². The van der Waals surface area contributed by atoms with Crippen LogP contribution in [0, 0.1) is 0 Å². The number of nitrogens with zero attached hydrogens (tertiary/aromatic N) is 2. The molecule has 4 nitrogen and oxygen atoms in total. The third-order valence-corrected chi connectivity index (χ3v) is 4.45. The van der Waals surface area contributed by atoms with Gasteiger partial charge in [-0.15, -0.1) is 0 Å². The second-order valence-corrected chi connectivity index (χ2v) is 6.04. The van der Waals surface area contributed by atoms with E-state index < -0.39 is 11.7 Å². The minimum absolute atomic E-state index is 0.661. The Balaban J connectivity index is 1.76. The number of nitrogens with one attached hydrogen (secondary N) is 1. The molecular weight excluding hydrogens is 343 g/mol. The van der Waals surface area contributed by atoms with E-state index in [0.29, 0.717) is 11.3 Å². The monoisotopic (exact) mass is 359 g/mol. The van der Waals surface area contributed by atoms with Crippen LogP contribution in [-0.4, -0.2) is 23.4 Å². The van der Waals surface area contributed by atoms with E-state index in [4.69, 9.17) is 4.74 Å². The number of rotatable bonds is 3. The third kappa shape index (κ3) is 2.79. The zero-order valence-electron chi connectivity index (χ0n) is 14.0. The number of aromatic nitrogens is 2. The fraction of sp³-hybridized carbons (Fsp3) is 0.211. The van der Waals surface area contributed by atoms with Gasteiger partial charge in [0.25, 0.3) is 0 Å². The Morgan fingerprint density at radius 2 is 1.73 bits per heavy atom. The van der Waals surface area contributed by atoms with E-state index >= 15 is 0 Å².